The third-order valence-electron chi connectivity index (χ3n) is 4.69. The number of esters is 1. The fourth-order valence-corrected chi connectivity index (χ4v) is 3.86. The van der Waals surface area contributed by atoms with Gasteiger partial charge in [-0.05, 0) is 44.0 Å². The number of nitrogens with one attached hydrogen (secondary N) is 1. The molecule has 1 heterocycles. The predicted octanol–water partition coefficient (Wildman–Crippen LogP) is 3.18. The van der Waals surface area contributed by atoms with Gasteiger partial charge in [0.05, 0.1) is 22.1 Å². The first-order valence-corrected chi connectivity index (χ1v) is 7.65. The van der Waals surface area contributed by atoms with Crippen molar-refractivity contribution in [2.24, 2.45) is 5.41 Å². The molecule has 1 N–H and O–H groups in total. The lowest BCUT2D eigenvalue weighted by Gasteiger charge is -2.30. The largest absolute Gasteiger partial charge is 0.466 e. The van der Waals surface area contributed by atoms with Crippen LogP contribution in [-0.4, -0.2) is 25.7 Å². The summed E-state index contributed by atoms with van der Waals surface area (Å²) in [5.74, 6) is -0.0988. The van der Waals surface area contributed by atoms with Gasteiger partial charge in [-0.1, -0.05) is 29.3 Å². The zero-order valence-corrected chi connectivity index (χ0v) is 12.9. The predicted molar refractivity (Wildman–Crippen MR) is 79.3 cm³/mol. The smallest absolute Gasteiger partial charge is 0.314 e. The van der Waals surface area contributed by atoms with E-state index in [2.05, 4.69) is 5.32 Å². The summed E-state index contributed by atoms with van der Waals surface area (Å²) in [5, 5.41) is 4.40. The molecule has 1 saturated heterocycles. The SMILES string of the molecule is CCOC(=O)[C@@]12CNCC[C@]1(c1ccc(Cl)c(Cl)c1)C2. The number of hydrogen-bond acceptors (Lipinski definition) is 3. The highest BCUT2D eigenvalue weighted by Crippen LogP contribution is 2.68. The normalized spacial score (nSPS) is 31.6. The van der Waals surface area contributed by atoms with Gasteiger partial charge in [-0.2, -0.15) is 0 Å². The molecule has 1 saturated carbocycles. The molecule has 0 aromatic heterocycles. The van der Waals surface area contributed by atoms with Crippen LogP contribution in [0.25, 0.3) is 0 Å². The number of carbonyl (C=O) groups excluding carboxylic acids is 1. The van der Waals surface area contributed by atoms with Crippen LogP contribution >= 0.6 is 23.2 Å². The first-order valence-electron chi connectivity index (χ1n) is 6.89. The van der Waals surface area contributed by atoms with Gasteiger partial charge in [0.1, 0.15) is 0 Å². The second-order valence-corrected chi connectivity index (χ2v) is 6.43. The first-order chi connectivity index (χ1) is 9.56. The van der Waals surface area contributed by atoms with Crippen LogP contribution in [0.3, 0.4) is 0 Å². The van der Waals surface area contributed by atoms with Crippen molar-refractivity contribution in [3.63, 3.8) is 0 Å². The number of hydrogen-bond donors (Lipinski definition) is 1. The molecule has 0 unspecified atom stereocenters. The Labute approximate surface area is 128 Å². The zero-order chi connectivity index (χ0) is 14.4. The summed E-state index contributed by atoms with van der Waals surface area (Å²) in [7, 11) is 0. The Hall–Kier alpha value is -0.770. The van der Waals surface area contributed by atoms with E-state index in [1.807, 2.05) is 25.1 Å². The van der Waals surface area contributed by atoms with Crippen LogP contribution in [-0.2, 0) is 14.9 Å². The van der Waals surface area contributed by atoms with E-state index in [1.165, 1.54) is 0 Å². The quantitative estimate of drug-likeness (QED) is 0.871. The number of carbonyl (C=O) groups is 1. The van der Waals surface area contributed by atoms with Crippen molar-refractivity contribution in [2.75, 3.05) is 19.7 Å². The maximum Gasteiger partial charge on any atom is 0.314 e. The molecule has 20 heavy (non-hydrogen) atoms. The van der Waals surface area contributed by atoms with E-state index in [1.54, 1.807) is 0 Å². The van der Waals surface area contributed by atoms with E-state index in [-0.39, 0.29) is 11.4 Å². The van der Waals surface area contributed by atoms with Crippen LogP contribution in [0.4, 0.5) is 0 Å². The van der Waals surface area contributed by atoms with E-state index in [9.17, 15) is 4.79 Å². The van der Waals surface area contributed by atoms with Crippen LogP contribution < -0.4 is 5.32 Å². The maximum absolute atomic E-state index is 12.4. The molecule has 1 aromatic rings. The molecule has 2 fully saturated rings. The lowest BCUT2D eigenvalue weighted by Crippen LogP contribution is -2.43. The third kappa shape index (κ3) is 1.87. The summed E-state index contributed by atoms with van der Waals surface area (Å²) in [6, 6.07) is 5.70. The number of ether oxygens (including phenoxy) is 1. The summed E-state index contributed by atoms with van der Waals surface area (Å²) in [6.07, 6.45) is 1.74. The highest BCUT2D eigenvalue weighted by molar-refractivity contribution is 6.42. The molecule has 3 nitrogen and oxygen atoms in total. The minimum Gasteiger partial charge on any atom is -0.466 e. The Morgan fingerprint density at radius 3 is 2.90 bits per heavy atom. The standard InChI is InChI=1S/C15H17Cl2NO2/c1-2-20-13(19)15-8-14(15,5-6-18-9-15)10-3-4-11(16)12(17)7-10/h3-4,7,18H,2,5-6,8-9H2,1H3/t14-,15-/m1/s1. The van der Waals surface area contributed by atoms with Crippen LogP contribution in [0.15, 0.2) is 18.2 Å². The third-order valence-corrected chi connectivity index (χ3v) is 5.43. The minimum atomic E-state index is -0.432. The Kier molecular flexibility index (Phi) is 3.47. The Morgan fingerprint density at radius 1 is 1.40 bits per heavy atom. The van der Waals surface area contributed by atoms with Gasteiger partial charge < -0.3 is 10.1 Å². The van der Waals surface area contributed by atoms with Crippen LogP contribution in [0.1, 0.15) is 25.3 Å². The van der Waals surface area contributed by atoms with Crippen LogP contribution in [0, 0.1) is 5.41 Å². The molecule has 0 spiro atoms. The van der Waals surface area contributed by atoms with Gasteiger partial charge in [0.15, 0.2) is 0 Å². The summed E-state index contributed by atoms with van der Waals surface area (Å²) < 4.78 is 5.29. The van der Waals surface area contributed by atoms with E-state index in [0.29, 0.717) is 23.2 Å². The summed E-state index contributed by atoms with van der Waals surface area (Å²) >= 11 is 12.1. The molecule has 1 aliphatic carbocycles. The Bertz CT molecular complexity index is 563. The van der Waals surface area contributed by atoms with Gasteiger partial charge in [0.25, 0.3) is 0 Å². The molecule has 0 amide bonds. The van der Waals surface area contributed by atoms with E-state index >= 15 is 0 Å². The molecule has 0 bridgehead atoms. The number of rotatable bonds is 3. The fourth-order valence-electron chi connectivity index (χ4n) is 3.56. The monoisotopic (exact) mass is 313 g/mol. The van der Waals surface area contributed by atoms with Gasteiger partial charge in [-0.15, -0.1) is 0 Å². The average molecular weight is 314 g/mol. The van der Waals surface area contributed by atoms with Crippen LogP contribution in [0.2, 0.25) is 10.0 Å². The summed E-state index contributed by atoms with van der Waals surface area (Å²) in [4.78, 5) is 12.4. The van der Waals surface area contributed by atoms with E-state index in [0.717, 1.165) is 24.9 Å². The van der Waals surface area contributed by atoms with E-state index in [4.69, 9.17) is 27.9 Å². The number of fused-ring (bicyclic) bond motifs is 1. The number of halogens is 2. The fraction of sp³-hybridized carbons (Fsp3) is 0.533. The lowest BCUT2D eigenvalue weighted by molar-refractivity contribution is -0.151. The van der Waals surface area contributed by atoms with Crippen molar-refractivity contribution < 1.29 is 9.53 Å². The average Bonchev–Trinajstić information content (AvgIpc) is 3.14. The Morgan fingerprint density at radius 2 is 2.20 bits per heavy atom. The second-order valence-electron chi connectivity index (χ2n) is 5.62. The highest BCUT2D eigenvalue weighted by atomic mass is 35.5. The van der Waals surface area contributed by atoms with Crippen molar-refractivity contribution in [1.29, 1.82) is 0 Å². The van der Waals surface area contributed by atoms with Gasteiger partial charge in [-0.25, -0.2) is 0 Å². The van der Waals surface area contributed by atoms with Crippen molar-refractivity contribution in [3.8, 4) is 0 Å². The molecule has 0 radical (unpaired) electrons. The summed E-state index contributed by atoms with van der Waals surface area (Å²) in [6.45, 7) is 3.83. The van der Waals surface area contributed by atoms with Gasteiger partial charge in [0, 0.05) is 12.0 Å². The van der Waals surface area contributed by atoms with Crippen LogP contribution in [0.5, 0.6) is 0 Å². The molecule has 2 aliphatic rings. The van der Waals surface area contributed by atoms with Gasteiger partial charge in [-0.3, -0.25) is 4.79 Å². The number of benzene rings is 1. The maximum atomic E-state index is 12.4. The number of piperidine rings is 1. The molecular weight excluding hydrogens is 297 g/mol. The first kappa shape index (κ1) is 14.2. The molecule has 3 rings (SSSR count). The minimum absolute atomic E-state index is 0.0988. The topological polar surface area (TPSA) is 38.3 Å². The lowest BCUT2D eigenvalue weighted by atomic mass is 9.81. The van der Waals surface area contributed by atoms with Gasteiger partial charge >= 0.3 is 5.97 Å². The zero-order valence-electron chi connectivity index (χ0n) is 11.3. The van der Waals surface area contributed by atoms with Crippen molar-refractivity contribution in [3.05, 3.63) is 33.8 Å². The molecule has 2 atom stereocenters. The molecular formula is C15H17Cl2NO2. The van der Waals surface area contributed by atoms with Crippen molar-refractivity contribution >= 4 is 29.2 Å². The highest BCUT2D eigenvalue weighted by Gasteiger charge is 2.73. The Balaban J connectivity index is 1.98. The van der Waals surface area contributed by atoms with Crippen molar-refractivity contribution in [1.82, 2.24) is 5.32 Å². The summed E-state index contributed by atoms with van der Waals surface area (Å²) in [5.41, 5.74) is 0.526. The van der Waals surface area contributed by atoms with E-state index < -0.39 is 5.41 Å². The molecule has 1 aromatic carbocycles. The molecule has 1 aliphatic heterocycles. The van der Waals surface area contributed by atoms with Gasteiger partial charge in [0.2, 0.25) is 0 Å². The van der Waals surface area contributed by atoms with Crippen molar-refractivity contribution in [2.45, 2.75) is 25.2 Å². The second kappa shape index (κ2) is 4.90. The molecule has 108 valence electrons. The molecule has 5 heteroatoms.